The van der Waals surface area contributed by atoms with Crippen molar-refractivity contribution >= 4 is 29.2 Å². The molecule has 6 nitrogen and oxygen atoms in total. The molecule has 1 aromatic heterocycles. The molecule has 2 aromatic rings. The lowest BCUT2D eigenvalue weighted by atomic mass is 10.1. The number of aromatic nitrogens is 1. The van der Waals surface area contributed by atoms with Crippen LogP contribution in [0.5, 0.6) is 0 Å². The zero-order chi connectivity index (χ0) is 17.5. The van der Waals surface area contributed by atoms with E-state index in [1.54, 1.807) is 42.0 Å². The molecule has 1 amide bonds. The highest BCUT2D eigenvalue weighted by Crippen LogP contribution is 2.20. The lowest BCUT2D eigenvalue weighted by molar-refractivity contribution is -0.697. The average Bonchev–Trinajstić information content (AvgIpc) is 2.55. The lowest BCUT2D eigenvalue weighted by Crippen LogP contribution is -2.92. The topological polar surface area (TPSA) is 98.7 Å². The number of nitrogens with one attached hydrogen (secondary N) is 1. The smallest absolute Gasteiger partial charge is 0.230 e. The van der Waals surface area contributed by atoms with Gasteiger partial charge in [-0.2, -0.15) is 0 Å². The summed E-state index contributed by atoms with van der Waals surface area (Å²) in [5.74, 6) is -1.69. The van der Waals surface area contributed by atoms with E-state index in [1.165, 1.54) is 0 Å². The predicted octanol–water partition coefficient (Wildman–Crippen LogP) is 0.254. The van der Waals surface area contributed by atoms with Crippen LogP contribution >= 0.6 is 11.6 Å². The Morgan fingerprint density at radius 2 is 2.17 bits per heavy atom. The van der Waals surface area contributed by atoms with Crippen molar-refractivity contribution < 1.29 is 20.0 Å². The van der Waals surface area contributed by atoms with Crippen LogP contribution in [0.1, 0.15) is 17.5 Å². The molecule has 24 heavy (non-hydrogen) atoms. The molecule has 1 aromatic carbocycles. The van der Waals surface area contributed by atoms with Gasteiger partial charge in [0, 0.05) is 28.7 Å². The van der Waals surface area contributed by atoms with Crippen LogP contribution in [0.2, 0.25) is 5.02 Å². The molecule has 0 bridgehead atoms. The lowest BCUT2D eigenvalue weighted by Gasteiger charge is -2.16. The minimum Gasteiger partial charge on any atom is -0.544 e. The number of hydrogen-bond donors (Lipinski definition) is 2. The molecule has 0 aliphatic heterocycles. The van der Waals surface area contributed by atoms with Gasteiger partial charge in [0.15, 0.2) is 0 Å². The van der Waals surface area contributed by atoms with Crippen LogP contribution in [-0.4, -0.2) is 22.9 Å². The maximum atomic E-state index is 12.1. The van der Waals surface area contributed by atoms with Crippen molar-refractivity contribution in [2.24, 2.45) is 0 Å². The summed E-state index contributed by atoms with van der Waals surface area (Å²) >= 11 is 6.00. The third kappa shape index (κ3) is 5.33. The largest absolute Gasteiger partial charge is 0.544 e. The number of aliphatic carboxylic acids is 1. The van der Waals surface area contributed by atoms with Crippen molar-refractivity contribution in [1.82, 2.24) is 4.98 Å². The molecule has 0 radical (unpaired) electrons. The van der Waals surface area contributed by atoms with Gasteiger partial charge in [0.05, 0.1) is 12.4 Å². The number of anilines is 1. The molecule has 0 aliphatic rings. The summed E-state index contributed by atoms with van der Waals surface area (Å²) in [5, 5.41) is 16.0. The fourth-order valence-corrected chi connectivity index (χ4v) is 2.32. The van der Waals surface area contributed by atoms with Gasteiger partial charge >= 0.3 is 0 Å². The van der Waals surface area contributed by atoms with E-state index in [9.17, 15) is 14.7 Å². The van der Waals surface area contributed by atoms with Crippen molar-refractivity contribution in [2.45, 2.75) is 25.9 Å². The van der Waals surface area contributed by atoms with E-state index in [4.69, 9.17) is 11.6 Å². The van der Waals surface area contributed by atoms with E-state index in [2.05, 4.69) is 10.3 Å². The number of quaternary nitrogens is 1. The fourth-order valence-electron chi connectivity index (χ4n) is 2.14. The Morgan fingerprint density at radius 1 is 1.38 bits per heavy atom. The number of nitrogens with two attached hydrogens (primary N) is 1. The highest BCUT2D eigenvalue weighted by Gasteiger charge is 2.18. The number of pyridine rings is 1. The van der Waals surface area contributed by atoms with Crippen LogP contribution in [0.15, 0.2) is 42.7 Å². The molecule has 7 heteroatoms. The molecule has 0 saturated carbocycles. The standard InChI is InChI=1S/C17H18ClN3O3/c1-11-4-5-13(7-14(11)18)21-16(22)8-15(17(23)24)20-10-12-3-2-6-19-9-12/h2-7,9,15,20H,8,10H2,1H3,(H,21,22)(H,23,24)/t15-/m1/s1. The van der Waals surface area contributed by atoms with Gasteiger partial charge in [-0.1, -0.05) is 23.7 Å². The number of carbonyl (C=O) groups is 2. The van der Waals surface area contributed by atoms with E-state index >= 15 is 0 Å². The number of carboxylic acids is 1. The van der Waals surface area contributed by atoms with Crippen LogP contribution in [0.3, 0.4) is 0 Å². The SMILES string of the molecule is Cc1ccc(NC(=O)C[C@@H]([NH2+]Cc2cccnc2)C(=O)[O-])cc1Cl. The molecular formula is C17H18ClN3O3. The van der Waals surface area contributed by atoms with Crippen molar-refractivity contribution in [3.8, 4) is 0 Å². The van der Waals surface area contributed by atoms with Gasteiger partial charge in [0.2, 0.25) is 5.91 Å². The highest BCUT2D eigenvalue weighted by atomic mass is 35.5. The monoisotopic (exact) mass is 347 g/mol. The van der Waals surface area contributed by atoms with Crippen molar-refractivity contribution in [1.29, 1.82) is 0 Å². The normalized spacial score (nSPS) is 11.8. The van der Waals surface area contributed by atoms with Crippen LogP contribution in [0, 0.1) is 6.92 Å². The molecule has 1 heterocycles. The van der Waals surface area contributed by atoms with Crippen LogP contribution in [-0.2, 0) is 16.1 Å². The second-order valence-electron chi connectivity index (χ2n) is 5.44. The van der Waals surface area contributed by atoms with E-state index in [0.29, 0.717) is 17.3 Å². The third-order valence-corrected chi connectivity index (χ3v) is 3.93. The first-order valence-electron chi connectivity index (χ1n) is 7.45. The average molecular weight is 348 g/mol. The van der Waals surface area contributed by atoms with E-state index in [0.717, 1.165) is 11.1 Å². The van der Waals surface area contributed by atoms with Gasteiger partial charge in [0.25, 0.3) is 0 Å². The fraction of sp³-hybridized carbons (Fsp3) is 0.235. The zero-order valence-corrected chi connectivity index (χ0v) is 13.9. The molecule has 0 spiro atoms. The second-order valence-corrected chi connectivity index (χ2v) is 5.85. The molecule has 126 valence electrons. The molecular weight excluding hydrogens is 330 g/mol. The number of benzene rings is 1. The Labute approximate surface area is 144 Å². The number of nitrogens with zero attached hydrogens (tertiary/aromatic N) is 1. The first-order chi connectivity index (χ1) is 11.5. The Hall–Kier alpha value is -2.44. The van der Waals surface area contributed by atoms with Crippen LogP contribution in [0.25, 0.3) is 0 Å². The Bertz CT molecular complexity index is 722. The number of hydrogen-bond acceptors (Lipinski definition) is 4. The molecule has 1 atom stereocenters. The minimum atomic E-state index is -1.28. The molecule has 0 unspecified atom stereocenters. The minimum absolute atomic E-state index is 0.200. The summed E-state index contributed by atoms with van der Waals surface area (Å²) in [6, 6.07) is 7.75. The van der Waals surface area contributed by atoms with Crippen LogP contribution in [0.4, 0.5) is 5.69 Å². The molecule has 2 rings (SSSR count). The summed E-state index contributed by atoms with van der Waals surface area (Å²) < 4.78 is 0. The third-order valence-electron chi connectivity index (χ3n) is 3.52. The zero-order valence-electron chi connectivity index (χ0n) is 13.2. The van der Waals surface area contributed by atoms with E-state index in [1.807, 2.05) is 13.0 Å². The van der Waals surface area contributed by atoms with Gasteiger partial charge in [-0.15, -0.1) is 0 Å². The first kappa shape index (κ1) is 17.9. The summed E-state index contributed by atoms with van der Waals surface area (Å²) in [4.78, 5) is 27.3. The summed E-state index contributed by atoms with van der Waals surface area (Å²) in [5.41, 5.74) is 2.29. The Kier molecular flexibility index (Phi) is 6.28. The molecule has 3 N–H and O–H groups in total. The Balaban J connectivity index is 1.92. The molecule has 0 fully saturated rings. The highest BCUT2D eigenvalue weighted by molar-refractivity contribution is 6.31. The first-order valence-corrected chi connectivity index (χ1v) is 7.82. The quantitative estimate of drug-likeness (QED) is 0.750. The molecule has 0 saturated heterocycles. The van der Waals surface area contributed by atoms with Crippen molar-refractivity contribution in [3.05, 3.63) is 58.9 Å². The van der Waals surface area contributed by atoms with Crippen molar-refractivity contribution in [2.75, 3.05) is 5.32 Å². The summed E-state index contributed by atoms with van der Waals surface area (Å²) in [7, 11) is 0. The predicted molar refractivity (Wildman–Crippen MR) is 88.1 cm³/mol. The number of rotatable bonds is 7. The Morgan fingerprint density at radius 3 is 2.79 bits per heavy atom. The maximum absolute atomic E-state index is 12.1. The van der Waals surface area contributed by atoms with E-state index in [-0.39, 0.29) is 6.42 Å². The van der Waals surface area contributed by atoms with E-state index < -0.39 is 17.9 Å². The van der Waals surface area contributed by atoms with Gasteiger partial charge in [-0.3, -0.25) is 9.78 Å². The van der Waals surface area contributed by atoms with Crippen molar-refractivity contribution in [3.63, 3.8) is 0 Å². The number of carboxylic acid groups (broad SMARTS) is 1. The number of aryl methyl sites for hydroxylation is 1. The number of halogens is 1. The maximum Gasteiger partial charge on any atom is 0.230 e. The van der Waals surface area contributed by atoms with Gasteiger partial charge in [0.1, 0.15) is 12.6 Å². The molecule has 0 aliphatic carbocycles. The summed E-state index contributed by atoms with van der Waals surface area (Å²) in [6.45, 7) is 2.25. The summed E-state index contributed by atoms with van der Waals surface area (Å²) in [6.07, 6.45) is 3.09. The van der Waals surface area contributed by atoms with Gasteiger partial charge < -0.3 is 20.5 Å². The second kappa shape index (κ2) is 8.42. The number of carbonyl (C=O) groups excluding carboxylic acids is 2. The van der Waals surface area contributed by atoms with Gasteiger partial charge in [-0.05, 0) is 30.7 Å². The number of amides is 1. The van der Waals surface area contributed by atoms with Crippen LogP contribution < -0.4 is 15.7 Å². The van der Waals surface area contributed by atoms with Gasteiger partial charge in [-0.25, -0.2) is 0 Å².